The highest BCUT2D eigenvalue weighted by Crippen LogP contribution is 2.44. The molecule has 0 saturated heterocycles. The van der Waals surface area contributed by atoms with Crippen molar-refractivity contribution in [2.45, 2.75) is 66.7 Å². The van der Waals surface area contributed by atoms with Crippen LogP contribution in [0.15, 0.2) is 72.4 Å². The molecule has 3 aliphatic rings. The van der Waals surface area contributed by atoms with Crippen LogP contribution >= 0.6 is 0 Å². The summed E-state index contributed by atoms with van der Waals surface area (Å²) in [5.74, 6) is 3.14. The second-order valence-electron chi connectivity index (χ2n) is 12.1. The molecule has 1 saturated carbocycles. The second-order valence-corrected chi connectivity index (χ2v) is 12.1. The summed E-state index contributed by atoms with van der Waals surface area (Å²) in [6.07, 6.45) is 13.1. The van der Waals surface area contributed by atoms with Gasteiger partial charge in [0.25, 0.3) is 0 Å². The van der Waals surface area contributed by atoms with E-state index in [1.165, 1.54) is 69.4 Å². The van der Waals surface area contributed by atoms with Crippen molar-refractivity contribution in [3.63, 3.8) is 0 Å². The van der Waals surface area contributed by atoms with Gasteiger partial charge in [0.2, 0.25) is 0 Å². The van der Waals surface area contributed by atoms with Gasteiger partial charge in [-0.05, 0) is 103 Å². The number of fused-ring (bicyclic) bond motifs is 1. The van der Waals surface area contributed by atoms with Gasteiger partial charge in [0.1, 0.15) is 0 Å². The summed E-state index contributed by atoms with van der Waals surface area (Å²) in [6.45, 7) is 20.5. The Balaban J connectivity index is 1.43. The summed E-state index contributed by atoms with van der Waals surface area (Å²) >= 11 is 0. The van der Waals surface area contributed by atoms with E-state index in [4.69, 9.17) is 0 Å². The standard InChI is InChI=1S/C35H42/c1-21(2)30-12-11-24(5)32(26(30)7)18-28-17-29-9-8-10-31(34(29)20-28)35-16-22(3)13-25(6)33(35)19-27-14-23(4)15-27/h8-13,16-17,21,23,27,30,32H,5,7,14-15,18-20H2,1-4,6H3. The van der Waals surface area contributed by atoms with E-state index < -0.39 is 0 Å². The molecule has 0 aromatic heterocycles. The molecule has 182 valence electrons. The monoisotopic (exact) mass is 462 g/mol. The predicted octanol–water partition coefficient (Wildman–Crippen LogP) is 9.46. The van der Waals surface area contributed by atoms with Crippen LogP contribution in [-0.4, -0.2) is 0 Å². The van der Waals surface area contributed by atoms with Crippen molar-refractivity contribution in [2.24, 2.45) is 29.6 Å². The van der Waals surface area contributed by atoms with E-state index in [0.717, 1.165) is 24.7 Å². The number of rotatable bonds is 6. The highest BCUT2D eigenvalue weighted by atomic mass is 14.3. The Bertz CT molecular complexity index is 1220. The number of aryl methyl sites for hydroxylation is 2. The molecule has 0 heteroatoms. The highest BCUT2D eigenvalue weighted by molar-refractivity contribution is 5.80. The molecule has 5 rings (SSSR count). The molecule has 0 heterocycles. The fourth-order valence-electron chi connectivity index (χ4n) is 6.96. The van der Waals surface area contributed by atoms with Gasteiger partial charge in [0.05, 0.1) is 0 Å². The second kappa shape index (κ2) is 9.45. The van der Waals surface area contributed by atoms with Gasteiger partial charge in [-0.25, -0.2) is 0 Å². The maximum atomic E-state index is 4.54. The van der Waals surface area contributed by atoms with Gasteiger partial charge in [-0.3, -0.25) is 0 Å². The molecule has 0 nitrogen and oxygen atoms in total. The SMILES string of the molecule is C=C1C=CC(C(C)C)C(=C)C1CC1=Cc2cccc(-c3cc(C)cc(C)c3CC3CC(C)C3)c2C1. The van der Waals surface area contributed by atoms with Crippen molar-refractivity contribution in [2.75, 3.05) is 0 Å². The summed E-state index contributed by atoms with van der Waals surface area (Å²) in [6, 6.07) is 11.8. The molecule has 2 aromatic rings. The van der Waals surface area contributed by atoms with Crippen molar-refractivity contribution in [3.05, 3.63) is 100 Å². The summed E-state index contributed by atoms with van der Waals surface area (Å²) < 4.78 is 0. The molecule has 2 aromatic carbocycles. The van der Waals surface area contributed by atoms with E-state index in [2.05, 4.69) is 96.3 Å². The molecule has 0 amide bonds. The fourth-order valence-corrected chi connectivity index (χ4v) is 6.96. The number of hydrogen-bond donors (Lipinski definition) is 0. The third-order valence-corrected chi connectivity index (χ3v) is 8.87. The Morgan fingerprint density at radius 1 is 1.00 bits per heavy atom. The van der Waals surface area contributed by atoms with E-state index in [1.807, 2.05) is 0 Å². The first-order valence-electron chi connectivity index (χ1n) is 13.7. The van der Waals surface area contributed by atoms with Crippen LogP contribution in [0.1, 0.15) is 67.9 Å². The Morgan fingerprint density at radius 3 is 2.49 bits per heavy atom. The molecule has 0 bridgehead atoms. The van der Waals surface area contributed by atoms with Crippen LogP contribution in [0.5, 0.6) is 0 Å². The van der Waals surface area contributed by atoms with Crippen LogP contribution in [-0.2, 0) is 12.8 Å². The van der Waals surface area contributed by atoms with Crippen molar-refractivity contribution in [1.29, 1.82) is 0 Å². The summed E-state index contributed by atoms with van der Waals surface area (Å²) in [5, 5.41) is 0. The predicted molar refractivity (Wildman–Crippen MR) is 152 cm³/mol. The number of allylic oxidation sites excluding steroid dienone is 5. The van der Waals surface area contributed by atoms with Gasteiger partial charge in [-0.15, -0.1) is 0 Å². The minimum Gasteiger partial charge on any atom is -0.0986 e. The van der Waals surface area contributed by atoms with Crippen LogP contribution in [0, 0.1) is 43.4 Å². The number of hydrogen-bond acceptors (Lipinski definition) is 0. The first kappa shape index (κ1) is 24.1. The zero-order valence-electron chi connectivity index (χ0n) is 22.5. The minimum absolute atomic E-state index is 0.355. The zero-order valence-corrected chi connectivity index (χ0v) is 22.5. The Morgan fingerprint density at radius 2 is 1.77 bits per heavy atom. The quantitative estimate of drug-likeness (QED) is 0.375. The van der Waals surface area contributed by atoms with Gasteiger partial charge >= 0.3 is 0 Å². The van der Waals surface area contributed by atoms with Gasteiger partial charge in [0, 0.05) is 11.8 Å². The molecular formula is C35H42. The molecule has 1 fully saturated rings. The average molecular weight is 463 g/mol. The first-order chi connectivity index (χ1) is 16.7. The maximum absolute atomic E-state index is 4.54. The van der Waals surface area contributed by atoms with Gasteiger partial charge in [-0.2, -0.15) is 0 Å². The summed E-state index contributed by atoms with van der Waals surface area (Å²) in [5.41, 5.74) is 14.3. The number of benzene rings is 2. The summed E-state index contributed by atoms with van der Waals surface area (Å²) in [7, 11) is 0. The van der Waals surface area contributed by atoms with Crippen LogP contribution in [0.4, 0.5) is 0 Å². The van der Waals surface area contributed by atoms with E-state index >= 15 is 0 Å². The fraction of sp³-hybridized carbons (Fsp3) is 0.429. The molecule has 35 heavy (non-hydrogen) atoms. The maximum Gasteiger partial charge on any atom is 0.00828 e. The first-order valence-corrected chi connectivity index (χ1v) is 13.7. The third-order valence-electron chi connectivity index (χ3n) is 8.87. The average Bonchev–Trinajstić information content (AvgIpc) is 3.19. The zero-order chi connectivity index (χ0) is 24.9. The lowest BCUT2D eigenvalue weighted by molar-refractivity contribution is 0.211. The van der Waals surface area contributed by atoms with E-state index in [1.54, 1.807) is 5.56 Å². The lowest BCUT2D eigenvalue weighted by Gasteiger charge is -2.34. The lowest BCUT2D eigenvalue weighted by Crippen LogP contribution is -2.23. The van der Waals surface area contributed by atoms with E-state index in [9.17, 15) is 0 Å². The largest absolute Gasteiger partial charge is 0.0986 e. The van der Waals surface area contributed by atoms with Gasteiger partial charge in [-0.1, -0.05) is 99.2 Å². The molecule has 0 N–H and O–H groups in total. The highest BCUT2D eigenvalue weighted by Gasteiger charge is 2.30. The topological polar surface area (TPSA) is 0 Å². The molecule has 0 spiro atoms. The van der Waals surface area contributed by atoms with Crippen molar-refractivity contribution >= 4 is 6.08 Å². The molecule has 0 aliphatic heterocycles. The Kier molecular flexibility index (Phi) is 6.51. The van der Waals surface area contributed by atoms with Crippen molar-refractivity contribution in [3.8, 4) is 11.1 Å². The van der Waals surface area contributed by atoms with Crippen LogP contribution in [0.25, 0.3) is 17.2 Å². The summed E-state index contributed by atoms with van der Waals surface area (Å²) in [4.78, 5) is 0. The molecule has 2 unspecified atom stereocenters. The molecule has 2 atom stereocenters. The van der Waals surface area contributed by atoms with Gasteiger partial charge < -0.3 is 0 Å². The normalized spacial score (nSPS) is 25.6. The van der Waals surface area contributed by atoms with E-state index in [-0.39, 0.29) is 0 Å². The Labute approximate surface area is 213 Å². The van der Waals surface area contributed by atoms with Crippen molar-refractivity contribution < 1.29 is 0 Å². The molecular weight excluding hydrogens is 420 g/mol. The van der Waals surface area contributed by atoms with Crippen LogP contribution in [0.3, 0.4) is 0 Å². The third kappa shape index (κ3) is 4.65. The Hall–Kier alpha value is -2.60. The van der Waals surface area contributed by atoms with Gasteiger partial charge in [0.15, 0.2) is 0 Å². The molecule has 0 radical (unpaired) electrons. The molecule has 3 aliphatic carbocycles. The van der Waals surface area contributed by atoms with Crippen LogP contribution < -0.4 is 0 Å². The minimum atomic E-state index is 0.355. The lowest BCUT2D eigenvalue weighted by atomic mass is 9.71. The van der Waals surface area contributed by atoms with Crippen LogP contribution in [0.2, 0.25) is 0 Å². The smallest absolute Gasteiger partial charge is 0.00828 e. The van der Waals surface area contributed by atoms with E-state index in [0.29, 0.717) is 17.8 Å². The van der Waals surface area contributed by atoms with Crippen molar-refractivity contribution in [1.82, 2.24) is 0 Å².